The molecule has 1 amide bonds. The average Bonchev–Trinajstić information content (AvgIpc) is 2.71. The second kappa shape index (κ2) is 8.85. The summed E-state index contributed by atoms with van der Waals surface area (Å²) in [6.07, 6.45) is 1.34. The quantitative estimate of drug-likeness (QED) is 0.456. The van der Waals surface area contributed by atoms with E-state index in [4.69, 9.17) is 11.6 Å². The average molecular weight is 432 g/mol. The van der Waals surface area contributed by atoms with Crippen LogP contribution in [0.2, 0.25) is 5.02 Å². The molecule has 0 bridgehead atoms. The lowest BCUT2D eigenvalue weighted by molar-refractivity contribution is 0.0955. The minimum atomic E-state index is -3.95. The van der Waals surface area contributed by atoms with Crippen LogP contribution in [0.4, 0.5) is 10.1 Å². The van der Waals surface area contributed by atoms with Crippen molar-refractivity contribution in [2.45, 2.75) is 4.90 Å². The van der Waals surface area contributed by atoms with Crippen molar-refractivity contribution in [3.05, 3.63) is 94.8 Å². The van der Waals surface area contributed by atoms with Gasteiger partial charge in [0.15, 0.2) is 0 Å². The number of hydrogen-bond donors (Lipinski definition) is 2. The topological polar surface area (TPSA) is 87.6 Å². The standard InChI is InChI=1S/C20H15ClFN3O3S/c21-18-6-1-2-7-19(18)25-29(27,28)17-5-3-4-15(12-17)20(26)24-23-13-14-8-10-16(22)11-9-14/h1-13,25H,(H,24,26)/b23-13-. The van der Waals surface area contributed by atoms with E-state index < -0.39 is 15.9 Å². The van der Waals surface area contributed by atoms with E-state index in [0.29, 0.717) is 5.56 Å². The zero-order valence-electron chi connectivity index (χ0n) is 14.8. The normalized spacial score (nSPS) is 11.4. The number of nitrogens with zero attached hydrogens (tertiary/aromatic N) is 1. The Morgan fingerprint density at radius 1 is 1.00 bits per heavy atom. The molecule has 0 saturated carbocycles. The van der Waals surface area contributed by atoms with Gasteiger partial charge in [0.25, 0.3) is 15.9 Å². The van der Waals surface area contributed by atoms with Gasteiger partial charge < -0.3 is 0 Å². The molecule has 29 heavy (non-hydrogen) atoms. The van der Waals surface area contributed by atoms with E-state index in [-0.39, 0.29) is 27.0 Å². The van der Waals surface area contributed by atoms with Crippen LogP contribution in [0.15, 0.2) is 82.8 Å². The summed E-state index contributed by atoms with van der Waals surface area (Å²) in [5, 5.41) is 4.04. The molecule has 6 nitrogen and oxygen atoms in total. The van der Waals surface area contributed by atoms with Crippen LogP contribution in [0.5, 0.6) is 0 Å². The van der Waals surface area contributed by atoms with E-state index in [1.54, 1.807) is 18.2 Å². The maximum absolute atomic E-state index is 12.9. The van der Waals surface area contributed by atoms with Crippen molar-refractivity contribution < 1.29 is 17.6 Å². The van der Waals surface area contributed by atoms with Crippen LogP contribution in [0.1, 0.15) is 15.9 Å². The van der Waals surface area contributed by atoms with E-state index in [2.05, 4.69) is 15.2 Å². The highest BCUT2D eigenvalue weighted by Gasteiger charge is 2.17. The molecule has 0 spiro atoms. The Labute approximate surface area is 172 Å². The van der Waals surface area contributed by atoms with Crippen LogP contribution in [0, 0.1) is 5.82 Å². The Morgan fingerprint density at radius 2 is 1.72 bits per heavy atom. The van der Waals surface area contributed by atoms with Crippen molar-refractivity contribution >= 4 is 39.4 Å². The molecular weight excluding hydrogens is 417 g/mol. The van der Waals surface area contributed by atoms with Gasteiger partial charge in [-0.3, -0.25) is 9.52 Å². The van der Waals surface area contributed by atoms with E-state index in [1.165, 1.54) is 60.8 Å². The Balaban J connectivity index is 1.73. The molecule has 9 heteroatoms. The van der Waals surface area contributed by atoms with Crippen LogP contribution in [0.3, 0.4) is 0 Å². The number of carbonyl (C=O) groups is 1. The maximum atomic E-state index is 12.9. The number of nitrogens with one attached hydrogen (secondary N) is 2. The summed E-state index contributed by atoms with van der Waals surface area (Å²) in [6.45, 7) is 0. The first-order chi connectivity index (χ1) is 13.8. The number of hydrogen-bond acceptors (Lipinski definition) is 4. The largest absolute Gasteiger partial charge is 0.278 e. The van der Waals surface area contributed by atoms with E-state index in [1.807, 2.05) is 0 Å². The third kappa shape index (κ3) is 5.40. The first-order valence-corrected chi connectivity index (χ1v) is 10.2. The lowest BCUT2D eigenvalue weighted by atomic mass is 10.2. The minimum Gasteiger partial charge on any atom is -0.278 e. The number of amides is 1. The van der Waals surface area contributed by atoms with Gasteiger partial charge in [0.2, 0.25) is 0 Å². The van der Waals surface area contributed by atoms with Crippen molar-refractivity contribution in [2.24, 2.45) is 5.10 Å². The highest BCUT2D eigenvalue weighted by molar-refractivity contribution is 7.92. The summed E-state index contributed by atoms with van der Waals surface area (Å²) >= 11 is 5.99. The lowest BCUT2D eigenvalue weighted by Gasteiger charge is -2.10. The third-order valence-electron chi connectivity index (χ3n) is 3.77. The molecule has 0 aromatic heterocycles. The lowest BCUT2D eigenvalue weighted by Crippen LogP contribution is -2.19. The van der Waals surface area contributed by atoms with Crippen LogP contribution in [0.25, 0.3) is 0 Å². The number of rotatable bonds is 6. The van der Waals surface area contributed by atoms with Crippen molar-refractivity contribution in [2.75, 3.05) is 4.72 Å². The fourth-order valence-electron chi connectivity index (χ4n) is 2.33. The van der Waals surface area contributed by atoms with Gasteiger partial charge in [0.05, 0.1) is 21.8 Å². The highest BCUT2D eigenvalue weighted by atomic mass is 35.5. The Kier molecular flexibility index (Phi) is 6.26. The van der Waals surface area contributed by atoms with Gasteiger partial charge in [0, 0.05) is 5.56 Å². The van der Waals surface area contributed by atoms with Crippen LogP contribution >= 0.6 is 11.6 Å². The predicted octanol–water partition coefficient (Wildman–Crippen LogP) is 4.04. The van der Waals surface area contributed by atoms with Gasteiger partial charge in [0.1, 0.15) is 5.82 Å². The van der Waals surface area contributed by atoms with Gasteiger partial charge in [-0.1, -0.05) is 41.9 Å². The first kappa shape index (κ1) is 20.5. The second-order valence-corrected chi connectivity index (χ2v) is 7.95. The van der Waals surface area contributed by atoms with Crippen molar-refractivity contribution in [1.29, 1.82) is 0 Å². The van der Waals surface area contributed by atoms with Gasteiger partial charge >= 0.3 is 0 Å². The van der Waals surface area contributed by atoms with Crippen LogP contribution in [-0.4, -0.2) is 20.5 Å². The molecule has 0 aliphatic rings. The molecular formula is C20H15ClFN3O3S. The Hall–Kier alpha value is -3.23. The molecule has 148 valence electrons. The zero-order chi connectivity index (χ0) is 20.9. The zero-order valence-corrected chi connectivity index (χ0v) is 16.4. The van der Waals surface area contributed by atoms with Gasteiger partial charge in [-0.15, -0.1) is 0 Å². The van der Waals surface area contributed by atoms with Crippen molar-refractivity contribution in [1.82, 2.24) is 5.43 Å². The molecule has 2 N–H and O–H groups in total. The number of anilines is 1. The number of sulfonamides is 1. The fourth-order valence-corrected chi connectivity index (χ4v) is 3.70. The van der Waals surface area contributed by atoms with Crippen molar-refractivity contribution in [3.8, 4) is 0 Å². The second-order valence-electron chi connectivity index (χ2n) is 5.86. The molecule has 0 heterocycles. The predicted molar refractivity (Wildman–Crippen MR) is 110 cm³/mol. The van der Waals surface area contributed by atoms with Crippen LogP contribution < -0.4 is 10.1 Å². The number of para-hydroxylation sites is 1. The maximum Gasteiger partial charge on any atom is 0.271 e. The van der Waals surface area contributed by atoms with Crippen molar-refractivity contribution in [3.63, 3.8) is 0 Å². The summed E-state index contributed by atoms with van der Waals surface area (Å²) in [4.78, 5) is 12.2. The molecule has 0 fully saturated rings. The van der Waals surface area contributed by atoms with Gasteiger partial charge in [-0.25, -0.2) is 18.2 Å². The molecule has 3 rings (SSSR count). The summed E-state index contributed by atoms with van der Waals surface area (Å²) in [6, 6.07) is 17.4. The van der Waals surface area contributed by atoms with Gasteiger partial charge in [-0.2, -0.15) is 5.10 Å². The SMILES string of the molecule is O=C(N/N=C\c1ccc(F)cc1)c1cccc(S(=O)(=O)Nc2ccccc2Cl)c1. The summed E-state index contributed by atoms with van der Waals surface area (Å²) in [7, 11) is -3.95. The molecule has 0 atom stereocenters. The number of halogens is 2. The third-order valence-corrected chi connectivity index (χ3v) is 5.47. The van der Waals surface area contributed by atoms with Crippen LogP contribution in [-0.2, 0) is 10.0 Å². The first-order valence-electron chi connectivity index (χ1n) is 8.31. The summed E-state index contributed by atoms with van der Waals surface area (Å²) in [5.74, 6) is -0.979. The molecule has 0 unspecified atom stereocenters. The summed E-state index contributed by atoms with van der Waals surface area (Å²) < 4.78 is 40.4. The molecule has 3 aromatic rings. The molecule has 0 radical (unpaired) electrons. The minimum absolute atomic E-state index is 0.100. The number of benzene rings is 3. The number of carbonyl (C=O) groups excluding carboxylic acids is 1. The van der Waals surface area contributed by atoms with E-state index in [9.17, 15) is 17.6 Å². The molecule has 0 aliphatic heterocycles. The molecule has 3 aromatic carbocycles. The fraction of sp³-hybridized carbons (Fsp3) is 0. The number of hydrazone groups is 1. The Morgan fingerprint density at radius 3 is 2.45 bits per heavy atom. The molecule has 0 saturated heterocycles. The molecule has 0 aliphatic carbocycles. The highest BCUT2D eigenvalue weighted by Crippen LogP contribution is 2.24. The Bertz CT molecular complexity index is 1170. The van der Waals surface area contributed by atoms with E-state index in [0.717, 1.165) is 0 Å². The van der Waals surface area contributed by atoms with Gasteiger partial charge in [-0.05, 0) is 48.0 Å². The summed E-state index contributed by atoms with van der Waals surface area (Å²) in [5.41, 5.74) is 3.22. The van der Waals surface area contributed by atoms with E-state index >= 15 is 0 Å². The smallest absolute Gasteiger partial charge is 0.271 e. The monoisotopic (exact) mass is 431 g/mol.